The lowest BCUT2D eigenvalue weighted by atomic mass is 9.66. The van der Waals surface area contributed by atoms with E-state index in [-0.39, 0.29) is 118 Å². The molecule has 8 atom stereocenters. The molecule has 0 saturated carbocycles. The van der Waals surface area contributed by atoms with Gasteiger partial charge in [-0.15, -0.1) is 0 Å². The number of ether oxygens (including phenoxy) is 9. The number of amides is 10. The second-order valence-electron chi connectivity index (χ2n) is 40.8. The van der Waals surface area contributed by atoms with E-state index in [2.05, 4.69) is 60.9 Å². The average molecular weight is 2260 g/mol. The predicted molar refractivity (Wildman–Crippen MR) is 542 cm³/mol. The number of likely N-dealkylation sites (tertiary alicyclic amines) is 3. The van der Waals surface area contributed by atoms with E-state index in [1.165, 1.54) is 48.5 Å². The topological polar surface area (TPSA) is 723 Å². The molecular formula is C93H144Cl3N11O38S4. The number of carbonyl (C=O) groups excluding carboxylic acids is 13. The maximum absolute atomic E-state index is 13.6. The Morgan fingerprint density at radius 3 is 0.993 bits per heavy atom. The number of rotatable bonds is 37. The molecule has 149 heavy (non-hydrogen) atoms. The van der Waals surface area contributed by atoms with Crippen molar-refractivity contribution in [1.82, 2.24) is 51.9 Å². The fourth-order valence-corrected chi connectivity index (χ4v) is 16.6. The van der Waals surface area contributed by atoms with Gasteiger partial charge in [0.1, 0.15) is 58.4 Å². The number of hydrogen-bond acceptors (Lipinski definition) is 35. The van der Waals surface area contributed by atoms with Crippen LogP contribution in [0.1, 0.15) is 202 Å². The quantitative estimate of drug-likeness (QED) is 0.0111. The number of nitrogens with one attached hydrogen (secondary N) is 7. The summed E-state index contributed by atoms with van der Waals surface area (Å²) in [5.41, 5.74) is -2.82. The molecule has 3 saturated heterocycles. The molecule has 0 aromatic heterocycles. The Morgan fingerprint density at radius 1 is 0.450 bits per heavy atom. The number of carboxylic acids is 2. The van der Waals surface area contributed by atoms with Crippen LogP contribution in [0.2, 0.25) is 15.1 Å². The second-order valence-corrected chi connectivity index (χ2v) is 47.6. The highest BCUT2D eigenvalue weighted by atomic mass is 35.5. The predicted octanol–water partition coefficient (Wildman–Crippen LogP) is 8.80. The molecule has 6 rings (SSSR count). The van der Waals surface area contributed by atoms with Crippen LogP contribution in [0, 0.1) is 34.0 Å². The molecule has 844 valence electrons. The van der Waals surface area contributed by atoms with Gasteiger partial charge in [-0.05, 0) is 159 Å². The van der Waals surface area contributed by atoms with Gasteiger partial charge in [0, 0.05) is 77.5 Å². The third kappa shape index (κ3) is 47.4. The van der Waals surface area contributed by atoms with Gasteiger partial charge in [-0.1, -0.05) is 173 Å². The SMILES string of the molecule is CC(=O)SCC(=O)O.CC(C)[C@@H](NC(=O)NCC(C)(C)OC(=O)OCOC(=O)C(N)CS(=O)(=O)O)C(=O)N1CC[C@](O)(c2ccc(Cl)cc2)C(C)(C)C1.CC(C)[C@@H](NC(=O)NCC(C)(C)OC(=O)OCOC(=O)CS(=O)(=O)O)C(=O)N1CC[C@](O)(c2ccc(Cl)cc2)C(C)(C)C1.CC(C)[C@@H](NC(=O)NCC(C)(C)OC(=O)OCS(=O)(=O)O)C(=O)N1CC[C@](O)(c2ccc(Cl)cc2)C(C)(C)C1.CCC(NC(=O)OC(C)(C)C)C(=O)O. The van der Waals surface area contributed by atoms with E-state index in [0.717, 1.165) is 11.8 Å². The van der Waals surface area contributed by atoms with Gasteiger partial charge in [0.25, 0.3) is 20.2 Å². The Hall–Kier alpha value is -10.7. The van der Waals surface area contributed by atoms with E-state index in [0.29, 0.717) is 44.6 Å². The van der Waals surface area contributed by atoms with Gasteiger partial charge in [-0.3, -0.25) is 47.2 Å². The summed E-state index contributed by atoms with van der Waals surface area (Å²) in [6, 6.07) is 13.7. The lowest BCUT2D eigenvalue weighted by Gasteiger charge is -2.51. The number of nitrogens with zero attached hydrogens (tertiary/aromatic N) is 3. The minimum atomic E-state index is -4.60. The van der Waals surface area contributed by atoms with E-state index in [1.54, 1.807) is 157 Å². The molecule has 0 spiro atoms. The van der Waals surface area contributed by atoms with Crippen molar-refractivity contribution in [2.24, 2.45) is 39.7 Å². The molecule has 17 N–H and O–H groups in total. The molecule has 0 aliphatic carbocycles. The number of carboxylic acid groups (broad SMARTS) is 2. The standard InChI is InChI=1S/C28H43ClN4O11S.C27H40ClN3O11S.C25H38ClN3O9S.C9H17NO4.C4H6O3S/c1-17(2)21(22(34)33-12-11-28(38,26(3,4)15-33)18-7-9-19(29)10-8-18)32-24(36)31-14-27(5,6)44-25(37)43-16-42-23(35)20(30)13-45(39,40)41;1-17(2)21(22(33)31-12-11-27(36,25(3,4)15-31)18-7-9-19(28)10-8-18)30-23(34)29-14-26(5,6)42-24(35)41-16-40-20(32)13-43(37,38)39;1-16(2)19(28-21(31)27-13-24(5,6)38-22(32)37-15-39(34,35)36)20(30)29-12-11-25(33,23(3,4)14-29)17-7-9-18(26)10-8-17;1-5-6(7(11)12)10-8(13)14-9(2,3)4;1-3(5)8-2-4(6)7/h7-10,17,20-21,38H,11-16,30H2,1-6H3,(H2,31,32,36)(H,39,40,41);7-10,17,21,36H,11-16H2,1-6H3,(H2,29,30,34)(H,37,38,39);7-10,16,19,33H,11-15H2,1-6H3,(H2,27,28,31)(H,34,35,36);6H,5H2,1-4H3,(H,10,13)(H,11,12);2H2,1H3,(H,6,7)/t20?,21-,28+;21-,27+;19-,25+;;/m111../s1. The lowest BCUT2D eigenvalue weighted by molar-refractivity contribution is -0.156. The van der Waals surface area contributed by atoms with Crippen LogP contribution >= 0.6 is 46.6 Å². The lowest BCUT2D eigenvalue weighted by Crippen LogP contribution is -2.61. The fourth-order valence-electron chi connectivity index (χ4n) is 14.7. The van der Waals surface area contributed by atoms with Gasteiger partial charge in [0.05, 0.1) is 42.2 Å². The minimum Gasteiger partial charge on any atom is -0.481 e. The van der Waals surface area contributed by atoms with Gasteiger partial charge in [0.2, 0.25) is 37.2 Å². The van der Waals surface area contributed by atoms with Crippen LogP contribution in [-0.4, -0.2) is 317 Å². The summed E-state index contributed by atoms with van der Waals surface area (Å²) in [6.45, 7) is 38.0. The zero-order valence-electron chi connectivity index (χ0n) is 87.5. The molecule has 3 aliphatic heterocycles. The first-order valence-corrected chi connectivity index (χ1v) is 53.3. The van der Waals surface area contributed by atoms with Crippen molar-refractivity contribution in [2.45, 2.75) is 254 Å². The van der Waals surface area contributed by atoms with Crippen LogP contribution in [0.3, 0.4) is 0 Å². The molecule has 3 aromatic carbocycles. The number of alkyl carbamates (subject to hydrolysis) is 1. The summed E-state index contributed by atoms with van der Waals surface area (Å²) >= 11 is 18.8. The van der Waals surface area contributed by atoms with Crippen LogP contribution in [0.15, 0.2) is 72.8 Å². The zero-order valence-corrected chi connectivity index (χ0v) is 93.0. The van der Waals surface area contributed by atoms with Crippen molar-refractivity contribution >= 4 is 166 Å². The van der Waals surface area contributed by atoms with Gasteiger partial charge < -0.3 is 126 Å². The first-order valence-electron chi connectivity index (χ1n) is 46.4. The molecule has 3 heterocycles. The number of halogens is 3. The van der Waals surface area contributed by atoms with E-state index >= 15 is 0 Å². The minimum absolute atomic E-state index is 0.130. The molecule has 3 aliphatic rings. The number of carbonyl (C=O) groups is 15. The van der Waals surface area contributed by atoms with Crippen molar-refractivity contribution in [1.29, 1.82) is 0 Å². The van der Waals surface area contributed by atoms with Crippen LogP contribution in [0.4, 0.5) is 33.6 Å². The first-order chi connectivity index (χ1) is 67.9. The Labute approximate surface area is 886 Å². The molecule has 10 amide bonds. The van der Waals surface area contributed by atoms with Crippen molar-refractivity contribution in [3.8, 4) is 0 Å². The van der Waals surface area contributed by atoms with Crippen LogP contribution in [0.5, 0.6) is 0 Å². The summed E-state index contributed by atoms with van der Waals surface area (Å²) in [6.07, 6.45) is -3.40. The maximum Gasteiger partial charge on any atom is 0.511 e. The third-order valence-electron chi connectivity index (χ3n) is 22.9. The smallest absolute Gasteiger partial charge is 0.481 e. The number of urea groups is 3. The summed E-state index contributed by atoms with van der Waals surface area (Å²) < 4.78 is 133. The summed E-state index contributed by atoms with van der Waals surface area (Å²) in [7, 11) is -13.6. The molecule has 0 bridgehead atoms. The van der Waals surface area contributed by atoms with E-state index in [1.807, 2.05) is 41.5 Å². The molecule has 49 nitrogen and oxygen atoms in total. The van der Waals surface area contributed by atoms with Crippen molar-refractivity contribution in [2.75, 3.05) is 95.7 Å². The van der Waals surface area contributed by atoms with Gasteiger partial charge in [0.15, 0.2) is 10.9 Å². The number of benzene rings is 3. The summed E-state index contributed by atoms with van der Waals surface area (Å²) in [5, 5.41) is 70.9. The summed E-state index contributed by atoms with van der Waals surface area (Å²) in [5.74, 6) is -10.1. The number of nitrogens with two attached hydrogens (primary N) is 1. The Balaban J connectivity index is 0.000000683. The fraction of sp³-hybridized carbons (Fsp3) is 0.645. The zero-order chi connectivity index (χ0) is 115. The Bertz CT molecular complexity index is 5430. The van der Waals surface area contributed by atoms with Crippen molar-refractivity contribution in [3.05, 3.63) is 105 Å². The molecule has 3 aromatic rings. The molecule has 3 fully saturated rings. The number of esters is 2. The third-order valence-corrected chi connectivity index (χ3v) is 26.2. The first kappa shape index (κ1) is 134. The Morgan fingerprint density at radius 2 is 0.752 bits per heavy atom. The number of hydrogen-bond donors (Lipinski definition) is 16. The normalized spacial score (nSPS) is 18.5. The van der Waals surface area contributed by atoms with E-state index in [9.17, 15) is 112 Å². The van der Waals surface area contributed by atoms with E-state index < -0.39 is 214 Å². The molecular weight excluding hydrogens is 2110 g/mol. The number of thioether (sulfide) groups is 1. The van der Waals surface area contributed by atoms with Gasteiger partial charge in [-0.2, -0.15) is 25.3 Å². The number of piperidine rings is 3. The van der Waals surface area contributed by atoms with E-state index in [4.69, 9.17) is 83.4 Å². The number of aliphatic carboxylic acids is 2. The highest BCUT2D eigenvalue weighted by molar-refractivity contribution is 8.14. The van der Waals surface area contributed by atoms with Gasteiger partial charge >= 0.3 is 76.6 Å². The van der Waals surface area contributed by atoms with Crippen LogP contribution < -0.4 is 43.0 Å². The van der Waals surface area contributed by atoms with Gasteiger partial charge in [-0.25, -0.2) is 38.4 Å². The van der Waals surface area contributed by atoms with Crippen molar-refractivity contribution < 1.29 is 179 Å². The highest BCUT2D eigenvalue weighted by Gasteiger charge is 2.54. The molecule has 2 unspecified atom stereocenters. The average Bonchev–Trinajstić information content (AvgIpc) is 0.756. The Kier molecular flexibility index (Phi) is 51.5. The largest absolute Gasteiger partial charge is 0.511 e. The van der Waals surface area contributed by atoms with Crippen LogP contribution in [0.25, 0.3) is 0 Å². The molecule has 0 radical (unpaired) electrons. The number of aliphatic hydroxyl groups is 3. The molecule has 56 heteroatoms. The second kappa shape index (κ2) is 57.1. The summed E-state index contributed by atoms with van der Waals surface area (Å²) in [4.78, 5) is 184. The highest BCUT2D eigenvalue weighted by Crippen LogP contribution is 2.50. The monoisotopic (exact) mass is 2260 g/mol. The maximum atomic E-state index is 13.6. The van der Waals surface area contributed by atoms with Crippen molar-refractivity contribution in [3.63, 3.8) is 0 Å². The van der Waals surface area contributed by atoms with Crippen LogP contribution in [-0.2, 0) is 128 Å².